The Morgan fingerprint density at radius 1 is 0.571 bits per heavy atom. The molecule has 0 saturated carbocycles. The Bertz CT molecular complexity index is 943. The summed E-state index contributed by atoms with van der Waals surface area (Å²) >= 11 is 0. The first-order valence-corrected chi connectivity index (χ1v) is 13.9. The molecule has 0 N–H and O–H groups in total. The zero-order valence-electron chi connectivity index (χ0n) is 23.2. The van der Waals surface area contributed by atoms with E-state index in [4.69, 9.17) is 9.98 Å². The Morgan fingerprint density at radius 3 is 1.49 bits per heavy atom. The molecule has 0 unspecified atom stereocenters. The Labute approximate surface area is 229 Å². The smallest absolute Gasteiger partial charge is 0.0636 e. The van der Waals surface area contributed by atoms with Crippen molar-refractivity contribution in [3.63, 3.8) is 0 Å². The zero-order valence-corrected chi connectivity index (χ0v) is 24.7. The van der Waals surface area contributed by atoms with Gasteiger partial charge in [0.15, 0.2) is 0 Å². The van der Waals surface area contributed by atoms with Gasteiger partial charge in [-0.25, -0.2) is 0 Å². The number of nitrogens with zero attached hydrogens (tertiary/aromatic N) is 2. The van der Waals surface area contributed by atoms with E-state index in [1.165, 1.54) is 60.8 Å². The van der Waals surface area contributed by atoms with Crippen LogP contribution in [0.25, 0.3) is 0 Å². The summed E-state index contributed by atoms with van der Waals surface area (Å²) in [6.45, 7) is 13.4. The molecule has 3 heteroatoms. The average molecular weight is 567 g/mol. The molecule has 196 valence electrons. The van der Waals surface area contributed by atoms with Crippen molar-refractivity contribution in [2.45, 2.75) is 119 Å². The molecule has 0 aliphatic heterocycles. The minimum atomic E-state index is 0. The van der Waals surface area contributed by atoms with Crippen LogP contribution in [0.4, 0.5) is 11.4 Å². The zero-order chi connectivity index (χ0) is 24.8. The van der Waals surface area contributed by atoms with Crippen LogP contribution in [0.5, 0.6) is 0 Å². The first-order chi connectivity index (χ1) is 16.6. The van der Waals surface area contributed by atoms with Gasteiger partial charge in [0.05, 0.1) is 22.8 Å². The first-order valence-electron chi connectivity index (χ1n) is 13.9. The van der Waals surface area contributed by atoms with Crippen LogP contribution in [-0.2, 0) is 46.1 Å². The van der Waals surface area contributed by atoms with Crippen LogP contribution in [0.2, 0.25) is 0 Å². The van der Waals surface area contributed by atoms with Crippen molar-refractivity contribution in [1.82, 2.24) is 0 Å². The molecule has 0 fully saturated rings. The van der Waals surface area contributed by atoms with Crippen molar-refractivity contribution < 1.29 is 20.4 Å². The second-order valence-electron chi connectivity index (χ2n) is 9.62. The van der Waals surface area contributed by atoms with Gasteiger partial charge in [0.2, 0.25) is 0 Å². The fraction of sp³-hybridized carbons (Fsp3) is 0.562. The maximum Gasteiger partial charge on any atom is 0.0636 e. The van der Waals surface area contributed by atoms with E-state index in [9.17, 15) is 0 Å². The van der Waals surface area contributed by atoms with Crippen LogP contribution in [0.15, 0.2) is 46.4 Å². The standard InChI is InChI=1S/C32H48N2.Pd/c1-7-12-13-18-32(34-31-22-20-27(15-9-3)29(24-31)17-11-5)25(6)33-30-21-19-26(14-8-2)28(23-30)16-10-4;/h19-24H,7-18H2,1-6H3;/b33-25+,34-32+;. The van der Waals surface area contributed by atoms with E-state index >= 15 is 0 Å². The van der Waals surface area contributed by atoms with Crippen LogP contribution >= 0.6 is 0 Å². The molecule has 0 aromatic heterocycles. The molecule has 0 aliphatic carbocycles. The fourth-order valence-electron chi connectivity index (χ4n) is 4.67. The summed E-state index contributed by atoms with van der Waals surface area (Å²) in [7, 11) is 0. The molecule has 2 rings (SSSR count). The van der Waals surface area contributed by atoms with Gasteiger partial charge >= 0.3 is 0 Å². The molecule has 0 atom stereocenters. The van der Waals surface area contributed by atoms with Gasteiger partial charge in [-0.1, -0.05) is 85.3 Å². The molecule has 0 saturated heterocycles. The number of hydrogen-bond donors (Lipinski definition) is 0. The van der Waals surface area contributed by atoms with Crippen molar-refractivity contribution in [3.05, 3.63) is 58.7 Å². The molecule has 2 aromatic carbocycles. The molecule has 2 aromatic rings. The topological polar surface area (TPSA) is 24.7 Å². The van der Waals surface area contributed by atoms with E-state index in [-0.39, 0.29) is 20.4 Å². The predicted octanol–water partition coefficient (Wildman–Crippen LogP) is 9.94. The number of unbranched alkanes of at least 4 members (excludes halogenated alkanes) is 2. The summed E-state index contributed by atoms with van der Waals surface area (Å²) in [5.74, 6) is 0. The molecule has 0 heterocycles. The minimum Gasteiger partial charge on any atom is -0.252 e. The SMILES string of the molecule is CCCCCC(=N\c1ccc(CCC)c(CCC)c1)/C(C)=N/c1ccc(CCC)c(CCC)c1.[Pd]. The predicted molar refractivity (Wildman–Crippen MR) is 153 cm³/mol. The number of aliphatic imine (C=N–C) groups is 2. The average Bonchev–Trinajstić information content (AvgIpc) is 2.82. The van der Waals surface area contributed by atoms with Crippen LogP contribution in [-0.4, -0.2) is 11.4 Å². The summed E-state index contributed by atoms with van der Waals surface area (Å²) in [4.78, 5) is 10.2. The molecule has 2 nitrogen and oxygen atoms in total. The Balaban J connectivity index is 0.00000612. The third kappa shape index (κ3) is 10.5. The van der Waals surface area contributed by atoms with Gasteiger partial charge in [-0.05, 0) is 92.0 Å². The monoisotopic (exact) mass is 566 g/mol. The molecule has 0 amide bonds. The Hall–Kier alpha value is -1.56. The molecular weight excluding hydrogens is 519 g/mol. The summed E-state index contributed by atoms with van der Waals surface area (Å²) in [6.07, 6.45) is 13.8. The first kappa shape index (κ1) is 31.5. The van der Waals surface area contributed by atoms with E-state index in [0.717, 1.165) is 61.3 Å². The van der Waals surface area contributed by atoms with E-state index in [1.807, 2.05) is 0 Å². The van der Waals surface area contributed by atoms with Crippen molar-refractivity contribution in [2.24, 2.45) is 9.98 Å². The van der Waals surface area contributed by atoms with Crippen molar-refractivity contribution in [1.29, 1.82) is 0 Å². The van der Waals surface area contributed by atoms with Gasteiger partial charge in [-0.2, -0.15) is 0 Å². The number of aryl methyl sites for hydroxylation is 4. The summed E-state index contributed by atoms with van der Waals surface area (Å²) < 4.78 is 0. The maximum absolute atomic E-state index is 5.16. The van der Waals surface area contributed by atoms with Crippen molar-refractivity contribution >= 4 is 22.8 Å². The summed E-state index contributed by atoms with van der Waals surface area (Å²) in [5.41, 5.74) is 10.2. The van der Waals surface area contributed by atoms with E-state index in [0.29, 0.717) is 0 Å². The molecule has 0 bridgehead atoms. The van der Waals surface area contributed by atoms with Gasteiger partial charge in [-0.15, -0.1) is 0 Å². The number of hydrogen-bond acceptors (Lipinski definition) is 2. The summed E-state index contributed by atoms with van der Waals surface area (Å²) in [6, 6.07) is 13.6. The quantitative estimate of drug-likeness (QED) is 0.116. The number of rotatable bonds is 15. The Morgan fingerprint density at radius 2 is 1.03 bits per heavy atom. The molecule has 0 spiro atoms. The van der Waals surface area contributed by atoms with Gasteiger partial charge in [0.1, 0.15) is 0 Å². The molecular formula is C32H48N2Pd. The van der Waals surface area contributed by atoms with E-state index < -0.39 is 0 Å². The molecule has 35 heavy (non-hydrogen) atoms. The van der Waals surface area contributed by atoms with Gasteiger partial charge in [-0.3, -0.25) is 9.98 Å². The van der Waals surface area contributed by atoms with E-state index in [1.54, 1.807) is 0 Å². The third-order valence-corrected chi connectivity index (χ3v) is 6.45. The van der Waals surface area contributed by atoms with Crippen LogP contribution in [0, 0.1) is 0 Å². The largest absolute Gasteiger partial charge is 0.252 e. The second kappa shape index (κ2) is 17.8. The van der Waals surface area contributed by atoms with Crippen molar-refractivity contribution in [2.75, 3.05) is 0 Å². The van der Waals surface area contributed by atoms with Crippen LogP contribution in [0.1, 0.15) is 115 Å². The second-order valence-corrected chi connectivity index (χ2v) is 9.62. The van der Waals surface area contributed by atoms with Crippen LogP contribution < -0.4 is 0 Å². The minimum absolute atomic E-state index is 0. The number of benzene rings is 2. The molecule has 0 aliphatic rings. The Kier molecular flexibility index (Phi) is 16.0. The van der Waals surface area contributed by atoms with E-state index in [2.05, 4.69) is 77.9 Å². The normalized spacial score (nSPS) is 12.1. The molecule has 0 radical (unpaired) electrons. The van der Waals surface area contributed by atoms with Crippen molar-refractivity contribution in [3.8, 4) is 0 Å². The summed E-state index contributed by atoms with van der Waals surface area (Å²) in [5, 5.41) is 0. The van der Waals surface area contributed by atoms with Gasteiger partial charge in [0.25, 0.3) is 0 Å². The van der Waals surface area contributed by atoms with Gasteiger partial charge in [0, 0.05) is 20.4 Å². The maximum atomic E-state index is 5.16. The van der Waals surface area contributed by atoms with Gasteiger partial charge < -0.3 is 0 Å². The third-order valence-electron chi connectivity index (χ3n) is 6.45. The fourth-order valence-corrected chi connectivity index (χ4v) is 4.67. The van der Waals surface area contributed by atoms with Crippen LogP contribution in [0.3, 0.4) is 0 Å².